The maximum absolute atomic E-state index is 10.9. The van der Waals surface area contributed by atoms with E-state index in [0.29, 0.717) is 22.3 Å². The Hall–Kier alpha value is -1.29. The van der Waals surface area contributed by atoms with Crippen molar-refractivity contribution in [3.63, 3.8) is 0 Å². The second-order valence-corrected chi connectivity index (χ2v) is 4.58. The van der Waals surface area contributed by atoms with E-state index in [1.807, 2.05) is 11.9 Å². The maximum Gasteiger partial charge on any atom is 0.250 e. The number of nitrogens with two attached hydrogens (primary N) is 1. The third-order valence-corrected chi connectivity index (χ3v) is 2.38. The van der Waals surface area contributed by atoms with Crippen LogP contribution in [0, 0.1) is 5.92 Å². The molecule has 1 rings (SSSR count). The summed E-state index contributed by atoms with van der Waals surface area (Å²) in [5.41, 5.74) is 5.46. The van der Waals surface area contributed by atoms with E-state index in [0.717, 1.165) is 6.54 Å². The number of hydrogen-bond donors (Lipinski definition) is 1. The van der Waals surface area contributed by atoms with Gasteiger partial charge in [0.05, 0.1) is 10.6 Å². The number of halogens is 1. The quantitative estimate of drug-likeness (QED) is 0.876. The standard InChI is InChI=1S/C11H16ClN3O/c1-7(2)6-15(3)11-9(12)4-8(5-14-11)10(13)16/h4-5,7H,6H2,1-3H3,(H2,13,16). The fourth-order valence-corrected chi connectivity index (χ4v) is 1.79. The van der Waals surface area contributed by atoms with E-state index in [2.05, 4.69) is 18.8 Å². The van der Waals surface area contributed by atoms with Crippen LogP contribution in [0.5, 0.6) is 0 Å². The average Bonchev–Trinajstić information content (AvgIpc) is 2.15. The molecule has 0 aliphatic rings. The fraction of sp³-hybridized carbons (Fsp3) is 0.455. The summed E-state index contributed by atoms with van der Waals surface area (Å²) in [4.78, 5) is 17.0. The molecule has 1 aromatic heterocycles. The van der Waals surface area contributed by atoms with Crippen LogP contribution >= 0.6 is 11.6 Å². The molecule has 2 N–H and O–H groups in total. The number of amides is 1. The molecule has 0 aromatic carbocycles. The molecule has 88 valence electrons. The van der Waals surface area contributed by atoms with Gasteiger partial charge in [0, 0.05) is 19.8 Å². The van der Waals surface area contributed by atoms with Gasteiger partial charge in [0.1, 0.15) is 5.82 Å². The van der Waals surface area contributed by atoms with E-state index in [1.54, 1.807) is 6.07 Å². The zero-order valence-electron chi connectivity index (χ0n) is 9.70. The summed E-state index contributed by atoms with van der Waals surface area (Å²) in [5.74, 6) is 0.659. The lowest BCUT2D eigenvalue weighted by atomic mass is 10.2. The summed E-state index contributed by atoms with van der Waals surface area (Å²) in [6.07, 6.45) is 1.44. The molecule has 0 saturated heterocycles. The summed E-state index contributed by atoms with van der Waals surface area (Å²) in [7, 11) is 1.91. The van der Waals surface area contributed by atoms with Crippen LogP contribution in [0.2, 0.25) is 5.02 Å². The van der Waals surface area contributed by atoms with E-state index in [-0.39, 0.29) is 0 Å². The maximum atomic E-state index is 10.9. The molecule has 0 unspecified atom stereocenters. The molecule has 0 bridgehead atoms. The summed E-state index contributed by atoms with van der Waals surface area (Å²) < 4.78 is 0. The van der Waals surface area contributed by atoms with Gasteiger partial charge in [-0.3, -0.25) is 4.79 Å². The van der Waals surface area contributed by atoms with E-state index >= 15 is 0 Å². The van der Waals surface area contributed by atoms with Crippen molar-refractivity contribution >= 4 is 23.3 Å². The lowest BCUT2D eigenvalue weighted by Gasteiger charge is -2.21. The highest BCUT2D eigenvalue weighted by molar-refractivity contribution is 6.33. The topological polar surface area (TPSA) is 59.2 Å². The number of pyridine rings is 1. The number of nitrogens with zero attached hydrogens (tertiary/aromatic N) is 2. The van der Waals surface area contributed by atoms with Crippen molar-refractivity contribution < 1.29 is 4.79 Å². The van der Waals surface area contributed by atoms with Crippen molar-refractivity contribution in [1.29, 1.82) is 0 Å². The van der Waals surface area contributed by atoms with Crippen molar-refractivity contribution in [3.05, 3.63) is 22.8 Å². The van der Waals surface area contributed by atoms with Crippen molar-refractivity contribution in [2.75, 3.05) is 18.5 Å². The lowest BCUT2D eigenvalue weighted by molar-refractivity contribution is 0.1000. The molecule has 0 saturated carbocycles. The molecule has 0 spiro atoms. The molecular weight excluding hydrogens is 226 g/mol. The van der Waals surface area contributed by atoms with Gasteiger partial charge in [0.15, 0.2) is 0 Å². The molecular formula is C11H16ClN3O. The van der Waals surface area contributed by atoms with E-state index in [4.69, 9.17) is 17.3 Å². The number of primary amides is 1. The van der Waals surface area contributed by atoms with Gasteiger partial charge in [-0.1, -0.05) is 25.4 Å². The summed E-state index contributed by atoms with van der Waals surface area (Å²) in [5, 5.41) is 0.444. The highest BCUT2D eigenvalue weighted by Crippen LogP contribution is 2.23. The molecule has 0 fully saturated rings. The minimum absolute atomic E-state index is 0.326. The van der Waals surface area contributed by atoms with Gasteiger partial charge in [-0.15, -0.1) is 0 Å². The summed E-state index contributed by atoms with van der Waals surface area (Å²) in [6, 6.07) is 1.54. The third-order valence-electron chi connectivity index (χ3n) is 2.11. The predicted molar refractivity (Wildman–Crippen MR) is 65.9 cm³/mol. The zero-order chi connectivity index (χ0) is 12.3. The Morgan fingerprint density at radius 2 is 2.25 bits per heavy atom. The number of rotatable bonds is 4. The average molecular weight is 242 g/mol. The van der Waals surface area contributed by atoms with Crippen LogP contribution in [-0.2, 0) is 0 Å². The Balaban J connectivity index is 2.94. The van der Waals surface area contributed by atoms with Gasteiger partial charge in [0.2, 0.25) is 5.91 Å². The third kappa shape index (κ3) is 3.10. The summed E-state index contributed by atoms with van der Waals surface area (Å²) >= 11 is 6.04. The van der Waals surface area contributed by atoms with Crippen LogP contribution in [0.4, 0.5) is 5.82 Å². The highest BCUT2D eigenvalue weighted by atomic mass is 35.5. The van der Waals surface area contributed by atoms with Crippen molar-refractivity contribution in [2.24, 2.45) is 11.7 Å². The highest BCUT2D eigenvalue weighted by Gasteiger charge is 2.11. The van der Waals surface area contributed by atoms with Crippen LogP contribution in [0.15, 0.2) is 12.3 Å². The molecule has 1 amide bonds. The SMILES string of the molecule is CC(C)CN(C)c1ncc(C(N)=O)cc1Cl. The molecule has 5 heteroatoms. The molecule has 0 aliphatic carbocycles. The Morgan fingerprint density at radius 3 is 2.69 bits per heavy atom. The first-order valence-corrected chi connectivity index (χ1v) is 5.46. The molecule has 1 heterocycles. The Bertz CT molecular complexity index is 393. The number of carbonyl (C=O) groups excluding carboxylic acids is 1. The molecule has 0 radical (unpaired) electrons. The molecule has 16 heavy (non-hydrogen) atoms. The van der Waals surface area contributed by atoms with Crippen LogP contribution in [-0.4, -0.2) is 24.5 Å². The van der Waals surface area contributed by atoms with Crippen molar-refractivity contribution in [3.8, 4) is 0 Å². The first-order valence-electron chi connectivity index (χ1n) is 5.08. The lowest BCUT2D eigenvalue weighted by Crippen LogP contribution is -2.24. The van der Waals surface area contributed by atoms with Crippen molar-refractivity contribution in [1.82, 2.24) is 4.98 Å². The van der Waals surface area contributed by atoms with Gasteiger partial charge in [-0.25, -0.2) is 4.98 Å². The van der Waals surface area contributed by atoms with E-state index in [1.165, 1.54) is 6.20 Å². The second kappa shape index (κ2) is 5.16. The normalized spacial score (nSPS) is 10.6. The smallest absolute Gasteiger partial charge is 0.250 e. The second-order valence-electron chi connectivity index (χ2n) is 4.17. The Labute approximate surface area is 100 Å². The van der Waals surface area contributed by atoms with Crippen molar-refractivity contribution in [2.45, 2.75) is 13.8 Å². The minimum Gasteiger partial charge on any atom is -0.366 e. The molecule has 0 atom stereocenters. The number of carbonyl (C=O) groups is 1. The molecule has 0 aliphatic heterocycles. The Morgan fingerprint density at radius 1 is 1.62 bits per heavy atom. The van der Waals surface area contributed by atoms with Crippen LogP contribution in [0.1, 0.15) is 24.2 Å². The fourth-order valence-electron chi connectivity index (χ4n) is 1.48. The van der Waals surface area contributed by atoms with E-state index < -0.39 is 5.91 Å². The zero-order valence-corrected chi connectivity index (χ0v) is 10.5. The first-order chi connectivity index (χ1) is 7.41. The number of anilines is 1. The largest absolute Gasteiger partial charge is 0.366 e. The van der Waals surface area contributed by atoms with Gasteiger partial charge in [0.25, 0.3) is 0 Å². The van der Waals surface area contributed by atoms with Crippen LogP contribution < -0.4 is 10.6 Å². The number of aromatic nitrogens is 1. The number of hydrogen-bond acceptors (Lipinski definition) is 3. The molecule has 4 nitrogen and oxygen atoms in total. The monoisotopic (exact) mass is 241 g/mol. The van der Waals surface area contributed by atoms with Gasteiger partial charge in [-0.2, -0.15) is 0 Å². The molecule has 1 aromatic rings. The Kier molecular flexibility index (Phi) is 4.12. The van der Waals surface area contributed by atoms with Crippen LogP contribution in [0.3, 0.4) is 0 Å². The predicted octanol–water partition coefficient (Wildman–Crippen LogP) is 1.93. The van der Waals surface area contributed by atoms with Gasteiger partial charge >= 0.3 is 0 Å². The van der Waals surface area contributed by atoms with Crippen LogP contribution in [0.25, 0.3) is 0 Å². The van der Waals surface area contributed by atoms with E-state index in [9.17, 15) is 4.79 Å². The minimum atomic E-state index is -0.521. The van der Waals surface area contributed by atoms with Gasteiger partial charge < -0.3 is 10.6 Å². The summed E-state index contributed by atoms with van der Waals surface area (Å²) in [6.45, 7) is 5.08. The first kappa shape index (κ1) is 12.8. The van der Waals surface area contributed by atoms with Gasteiger partial charge in [-0.05, 0) is 12.0 Å².